The summed E-state index contributed by atoms with van der Waals surface area (Å²) in [7, 11) is 5.14. The summed E-state index contributed by atoms with van der Waals surface area (Å²) in [5.41, 5.74) is 6.23. The lowest BCUT2D eigenvalue weighted by atomic mass is 9.86. The van der Waals surface area contributed by atoms with Crippen molar-refractivity contribution < 1.29 is 14.2 Å². The summed E-state index contributed by atoms with van der Waals surface area (Å²) in [6, 6.07) is 39.3. The standard InChI is InChI=1S/C33H28O3S/c1-34-28-18-10-7-15-24(28)25-21-22-31(37-23-13-5-4-6-14-23)33(27-17-9-12-20-30(27)36-3)32(25)26-16-8-11-19-29(26)35-2/h4-22H,1-3H3. The minimum absolute atomic E-state index is 0.802. The molecule has 0 aromatic heterocycles. The van der Waals surface area contributed by atoms with Crippen molar-refractivity contribution >= 4 is 11.8 Å². The minimum atomic E-state index is 0.802. The lowest BCUT2D eigenvalue weighted by Crippen LogP contribution is -1.98. The smallest absolute Gasteiger partial charge is 0.126 e. The summed E-state index contributed by atoms with van der Waals surface area (Å²) >= 11 is 1.74. The fourth-order valence-electron chi connectivity index (χ4n) is 4.63. The Balaban J connectivity index is 1.92. The predicted molar refractivity (Wildman–Crippen MR) is 153 cm³/mol. The third-order valence-corrected chi connectivity index (χ3v) is 7.36. The summed E-state index contributed by atoms with van der Waals surface area (Å²) < 4.78 is 17.6. The van der Waals surface area contributed by atoms with Crippen molar-refractivity contribution in [2.24, 2.45) is 0 Å². The first kappa shape index (κ1) is 24.5. The number of methoxy groups -OCH3 is 3. The first-order chi connectivity index (χ1) is 18.2. The molecule has 0 radical (unpaired) electrons. The Morgan fingerprint density at radius 3 is 1.43 bits per heavy atom. The molecule has 0 bridgehead atoms. The van der Waals surface area contributed by atoms with E-state index in [9.17, 15) is 0 Å². The molecule has 5 rings (SSSR count). The monoisotopic (exact) mass is 504 g/mol. The van der Waals surface area contributed by atoms with Crippen LogP contribution in [-0.4, -0.2) is 21.3 Å². The topological polar surface area (TPSA) is 27.7 Å². The molecule has 0 aliphatic carbocycles. The molecule has 5 aromatic rings. The Hall–Kier alpha value is -4.15. The second kappa shape index (κ2) is 11.3. The number of ether oxygens (including phenoxy) is 3. The Morgan fingerprint density at radius 1 is 0.405 bits per heavy atom. The summed E-state index contributed by atoms with van der Waals surface area (Å²) in [5, 5.41) is 0. The van der Waals surface area contributed by atoms with Crippen molar-refractivity contribution in [3.63, 3.8) is 0 Å². The van der Waals surface area contributed by atoms with Crippen LogP contribution in [0.3, 0.4) is 0 Å². The van der Waals surface area contributed by atoms with Crippen molar-refractivity contribution in [1.82, 2.24) is 0 Å². The highest BCUT2D eigenvalue weighted by atomic mass is 32.2. The van der Waals surface area contributed by atoms with E-state index in [2.05, 4.69) is 60.7 Å². The molecule has 0 spiro atoms. The van der Waals surface area contributed by atoms with Crippen LogP contribution >= 0.6 is 11.8 Å². The van der Waals surface area contributed by atoms with Gasteiger partial charge in [0.05, 0.1) is 21.3 Å². The zero-order valence-corrected chi connectivity index (χ0v) is 21.9. The van der Waals surface area contributed by atoms with Gasteiger partial charge in [-0.25, -0.2) is 0 Å². The minimum Gasteiger partial charge on any atom is -0.496 e. The maximum Gasteiger partial charge on any atom is 0.126 e. The van der Waals surface area contributed by atoms with Gasteiger partial charge in [-0.1, -0.05) is 90.6 Å². The summed E-state index contributed by atoms with van der Waals surface area (Å²) in [6.45, 7) is 0. The largest absolute Gasteiger partial charge is 0.496 e. The maximum absolute atomic E-state index is 5.88. The maximum atomic E-state index is 5.88. The van der Waals surface area contributed by atoms with Gasteiger partial charge in [0.15, 0.2) is 0 Å². The van der Waals surface area contributed by atoms with Gasteiger partial charge in [0.2, 0.25) is 0 Å². The van der Waals surface area contributed by atoms with Crippen molar-refractivity contribution in [3.8, 4) is 50.6 Å². The molecule has 0 heterocycles. The normalized spacial score (nSPS) is 10.7. The fraction of sp³-hybridized carbons (Fsp3) is 0.0909. The number of hydrogen-bond acceptors (Lipinski definition) is 4. The second-order valence-electron chi connectivity index (χ2n) is 8.38. The quantitative estimate of drug-likeness (QED) is 0.211. The number of benzene rings is 5. The Morgan fingerprint density at radius 2 is 0.865 bits per heavy atom. The molecule has 0 aliphatic heterocycles. The fourth-order valence-corrected chi connectivity index (χ4v) is 5.62. The van der Waals surface area contributed by atoms with Crippen LogP contribution < -0.4 is 14.2 Å². The van der Waals surface area contributed by atoms with Gasteiger partial charge in [-0.05, 0) is 42.0 Å². The van der Waals surface area contributed by atoms with Crippen LogP contribution in [0.25, 0.3) is 33.4 Å². The zero-order chi connectivity index (χ0) is 25.6. The molecule has 184 valence electrons. The van der Waals surface area contributed by atoms with Crippen molar-refractivity contribution in [1.29, 1.82) is 0 Å². The van der Waals surface area contributed by atoms with Crippen LogP contribution in [0.1, 0.15) is 0 Å². The summed E-state index contributed by atoms with van der Waals surface area (Å²) in [4.78, 5) is 2.28. The molecule has 0 saturated heterocycles. The zero-order valence-electron chi connectivity index (χ0n) is 21.1. The third kappa shape index (κ3) is 4.93. The van der Waals surface area contributed by atoms with Gasteiger partial charge in [0.1, 0.15) is 17.2 Å². The molecule has 0 fully saturated rings. The van der Waals surface area contributed by atoms with Crippen LogP contribution in [-0.2, 0) is 0 Å². The van der Waals surface area contributed by atoms with E-state index in [1.807, 2.05) is 54.6 Å². The lowest BCUT2D eigenvalue weighted by molar-refractivity contribution is 0.415. The Bertz CT molecular complexity index is 1510. The first-order valence-electron chi connectivity index (χ1n) is 12.0. The van der Waals surface area contributed by atoms with Gasteiger partial charge in [-0.2, -0.15) is 0 Å². The van der Waals surface area contributed by atoms with Crippen molar-refractivity contribution in [3.05, 3.63) is 115 Å². The molecule has 0 amide bonds. The molecule has 0 saturated carbocycles. The average molecular weight is 505 g/mol. The molecule has 5 aromatic carbocycles. The second-order valence-corrected chi connectivity index (χ2v) is 9.49. The predicted octanol–water partition coefficient (Wildman–Crippen LogP) is 8.86. The molecule has 0 atom stereocenters. The summed E-state index contributed by atoms with van der Waals surface area (Å²) in [5.74, 6) is 2.43. The molecule has 4 heteroatoms. The average Bonchev–Trinajstić information content (AvgIpc) is 2.97. The highest BCUT2D eigenvalue weighted by Crippen LogP contribution is 2.51. The number of rotatable bonds is 8. The highest BCUT2D eigenvalue weighted by molar-refractivity contribution is 7.99. The van der Waals surface area contributed by atoms with E-state index in [1.54, 1.807) is 33.1 Å². The van der Waals surface area contributed by atoms with E-state index < -0.39 is 0 Å². The Labute approximate surface area is 222 Å². The highest BCUT2D eigenvalue weighted by Gasteiger charge is 2.24. The van der Waals surface area contributed by atoms with Crippen LogP contribution in [0.4, 0.5) is 0 Å². The van der Waals surface area contributed by atoms with E-state index in [0.717, 1.165) is 60.4 Å². The van der Waals surface area contributed by atoms with E-state index >= 15 is 0 Å². The lowest BCUT2D eigenvalue weighted by Gasteiger charge is -2.23. The van der Waals surface area contributed by atoms with Gasteiger partial charge in [-0.3, -0.25) is 0 Å². The third-order valence-electron chi connectivity index (χ3n) is 6.29. The molecule has 37 heavy (non-hydrogen) atoms. The van der Waals surface area contributed by atoms with Crippen molar-refractivity contribution in [2.45, 2.75) is 9.79 Å². The van der Waals surface area contributed by atoms with Gasteiger partial charge >= 0.3 is 0 Å². The van der Waals surface area contributed by atoms with E-state index in [-0.39, 0.29) is 0 Å². The molecule has 0 aliphatic rings. The van der Waals surface area contributed by atoms with Gasteiger partial charge < -0.3 is 14.2 Å². The van der Waals surface area contributed by atoms with Crippen LogP contribution in [0.15, 0.2) is 125 Å². The van der Waals surface area contributed by atoms with Gasteiger partial charge in [0.25, 0.3) is 0 Å². The molecule has 3 nitrogen and oxygen atoms in total. The van der Waals surface area contributed by atoms with E-state index in [1.165, 1.54) is 0 Å². The first-order valence-corrected chi connectivity index (χ1v) is 12.9. The molecule has 0 N–H and O–H groups in total. The van der Waals surface area contributed by atoms with Gasteiger partial charge in [0, 0.05) is 37.6 Å². The molecule has 0 unspecified atom stereocenters. The Kier molecular flexibility index (Phi) is 7.48. The van der Waals surface area contributed by atoms with Gasteiger partial charge in [-0.15, -0.1) is 0 Å². The van der Waals surface area contributed by atoms with E-state index in [4.69, 9.17) is 14.2 Å². The van der Waals surface area contributed by atoms with Crippen LogP contribution in [0.5, 0.6) is 17.2 Å². The summed E-state index contributed by atoms with van der Waals surface area (Å²) in [6.07, 6.45) is 0. The van der Waals surface area contributed by atoms with E-state index in [0.29, 0.717) is 0 Å². The molecular formula is C33H28O3S. The number of hydrogen-bond donors (Lipinski definition) is 0. The van der Waals surface area contributed by atoms with Crippen LogP contribution in [0.2, 0.25) is 0 Å². The number of para-hydroxylation sites is 3. The van der Waals surface area contributed by atoms with Crippen LogP contribution in [0, 0.1) is 0 Å². The van der Waals surface area contributed by atoms with Crippen molar-refractivity contribution in [2.75, 3.05) is 21.3 Å². The SMILES string of the molecule is COc1ccccc1-c1ccc(Sc2ccccc2)c(-c2ccccc2OC)c1-c1ccccc1OC. The molecular weight excluding hydrogens is 476 g/mol.